The van der Waals surface area contributed by atoms with Crippen LogP contribution < -0.4 is 16.0 Å². The first kappa shape index (κ1) is 53.5. The van der Waals surface area contributed by atoms with E-state index in [2.05, 4.69) is 0 Å². The van der Waals surface area contributed by atoms with Crippen LogP contribution in [-0.4, -0.2) is 112 Å². The first-order chi connectivity index (χ1) is 26.0. The molecule has 3 unspecified atom stereocenters. The number of nitrogens with one attached hydrogen (secondary N) is 3. The number of halogens is 9. The van der Waals surface area contributed by atoms with E-state index in [1.54, 1.807) is 22.0 Å². The number of phosphoric acid groups is 1. The van der Waals surface area contributed by atoms with Gasteiger partial charge in [0.1, 0.15) is 6.10 Å². The number of hydrogen-bond donors (Lipinski definition) is 5. The maximum atomic E-state index is 12.7. The van der Waals surface area contributed by atoms with E-state index in [1.807, 2.05) is 0 Å². The lowest BCUT2D eigenvalue weighted by Gasteiger charge is -2.35. The molecule has 0 aromatic rings. The van der Waals surface area contributed by atoms with Crippen molar-refractivity contribution in [3.63, 3.8) is 0 Å². The van der Waals surface area contributed by atoms with Gasteiger partial charge in [-0.1, -0.05) is 12.8 Å². The van der Waals surface area contributed by atoms with E-state index >= 15 is 0 Å². The number of hydrogen-bond acceptors (Lipinski definition) is 12. The van der Waals surface area contributed by atoms with E-state index in [4.69, 9.17) is 33.2 Å². The van der Waals surface area contributed by atoms with Gasteiger partial charge in [-0.25, -0.2) is 4.57 Å². The summed E-state index contributed by atoms with van der Waals surface area (Å²) in [6, 6.07) is 1.72. The Hall–Kier alpha value is -2.55. The molecule has 5 N–H and O–H groups in total. The average Bonchev–Trinajstić information content (AvgIpc) is 3.09. The number of phosphoric ester groups is 1. The monoisotopic (exact) mass is 876 g/mol. The Balaban J connectivity index is 6.12. The van der Waals surface area contributed by atoms with Crippen molar-refractivity contribution in [3.05, 3.63) is 0 Å². The predicted octanol–water partition coefficient (Wildman–Crippen LogP) is 4.76. The highest BCUT2D eigenvalue weighted by molar-refractivity contribution is 7.47. The van der Waals surface area contributed by atoms with Crippen LogP contribution >= 0.6 is 16.1 Å². The minimum Gasteiger partial charge on any atom is -0.396 e. The van der Waals surface area contributed by atoms with Crippen molar-refractivity contribution in [2.24, 2.45) is 5.41 Å². The van der Waals surface area contributed by atoms with Crippen molar-refractivity contribution in [2.45, 2.75) is 95.3 Å². The lowest BCUT2D eigenvalue weighted by molar-refractivity contribution is -0.173. The molecule has 56 heavy (non-hydrogen) atoms. The quantitative estimate of drug-likeness (QED) is 0.0360. The lowest BCUT2D eigenvalue weighted by Crippen LogP contribution is -2.40. The summed E-state index contributed by atoms with van der Waals surface area (Å²) >= 11 is 0. The lowest BCUT2D eigenvalue weighted by atomic mass is 9.75. The van der Waals surface area contributed by atoms with E-state index in [9.17, 15) is 67.9 Å². The Bertz CT molecular complexity index is 1210. The van der Waals surface area contributed by atoms with Crippen LogP contribution in [0.15, 0.2) is 0 Å². The van der Waals surface area contributed by atoms with Gasteiger partial charge in [-0.05, 0) is 56.8 Å². The summed E-state index contributed by atoms with van der Waals surface area (Å²) < 4.78 is 165. The number of nitrogens with zero attached hydrogens (tertiary/aromatic N) is 1. The number of ether oxygens (including phenoxy) is 1. The number of alkyl halides is 9. The first-order valence-electron chi connectivity index (χ1n) is 17.0. The van der Waals surface area contributed by atoms with Crippen molar-refractivity contribution < 1.29 is 95.9 Å². The van der Waals surface area contributed by atoms with Gasteiger partial charge in [0.15, 0.2) is 0 Å². The highest BCUT2D eigenvalue weighted by Crippen LogP contribution is 2.44. The SMILES string of the molecule is N#CCCO[PH](=O)OC(COCC(CCCNC(=O)C(F)(F)F)(CCCNC(=O)C(F)(F)F)CCCNC(=O)C(F)(F)F)COP(=O)(O)OCCCCCCO. The molecule has 27 heteroatoms. The molecular weight excluding hydrogens is 829 g/mol. The highest BCUT2D eigenvalue weighted by atomic mass is 31.2. The van der Waals surface area contributed by atoms with Gasteiger partial charge in [0.25, 0.3) is 0 Å². The number of carbonyl (C=O) groups excluding carboxylic acids is 3. The highest BCUT2D eigenvalue weighted by Gasteiger charge is 2.40. The molecule has 328 valence electrons. The Kier molecular flexibility index (Phi) is 26.0. The fourth-order valence-electron chi connectivity index (χ4n) is 4.72. The van der Waals surface area contributed by atoms with Crippen molar-refractivity contribution in [2.75, 3.05) is 59.3 Å². The molecule has 0 aliphatic carbocycles. The van der Waals surface area contributed by atoms with E-state index in [1.165, 1.54) is 0 Å². The standard InChI is InChI=1S/C29H47F9N4O12P2/c30-27(31,32)23(44)40-13-5-9-26(10-6-14-41-24(45)28(33,34)35,11-7-15-42-25(46)29(36,37)38)21-50-19-22(54-55(47)51-17-8-12-39)20-53-56(48,49)52-18-4-2-1-3-16-43/h22,43,55H,1-11,13-21H2,(H,40,44)(H,41,45)(H,42,46)(H,48,49). The Morgan fingerprint density at radius 2 is 1.18 bits per heavy atom. The summed E-state index contributed by atoms with van der Waals surface area (Å²) in [6.45, 7) is -4.38. The Labute approximate surface area is 317 Å². The van der Waals surface area contributed by atoms with E-state index < -0.39 is 103 Å². The minimum atomic E-state index is -5.24. The van der Waals surface area contributed by atoms with Crippen LogP contribution in [-0.2, 0) is 46.3 Å². The molecule has 0 aromatic heterocycles. The molecule has 16 nitrogen and oxygen atoms in total. The number of carbonyl (C=O) groups is 3. The normalized spacial score (nSPS) is 14.7. The average molecular weight is 877 g/mol. The molecule has 0 heterocycles. The molecular formula is C29H47F9N4O12P2. The third-order valence-corrected chi connectivity index (χ3v) is 9.37. The van der Waals surface area contributed by atoms with Crippen LogP contribution in [0.2, 0.25) is 0 Å². The Morgan fingerprint density at radius 1 is 0.714 bits per heavy atom. The van der Waals surface area contributed by atoms with Gasteiger partial charge in [-0.15, -0.1) is 0 Å². The van der Waals surface area contributed by atoms with E-state index in [0.29, 0.717) is 25.7 Å². The van der Waals surface area contributed by atoms with Crippen molar-refractivity contribution >= 4 is 33.8 Å². The molecule has 0 aliphatic rings. The van der Waals surface area contributed by atoms with Crippen LogP contribution in [0, 0.1) is 16.7 Å². The molecule has 0 fully saturated rings. The summed E-state index contributed by atoms with van der Waals surface area (Å²) in [7, 11) is -8.18. The zero-order chi connectivity index (χ0) is 42.9. The summed E-state index contributed by atoms with van der Waals surface area (Å²) in [5.74, 6) is -6.87. The third kappa shape index (κ3) is 26.4. The van der Waals surface area contributed by atoms with Gasteiger partial charge in [-0.2, -0.15) is 44.8 Å². The van der Waals surface area contributed by atoms with Crippen molar-refractivity contribution in [1.29, 1.82) is 5.26 Å². The smallest absolute Gasteiger partial charge is 0.396 e. The maximum absolute atomic E-state index is 12.7. The fraction of sp³-hybridized carbons (Fsp3) is 0.862. The van der Waals surface area contributed by atoms with E-state index in [0.717, 1.165) is 0 Å². The van der Waals surface area contributed by atoms with Crippen LogP contribution in [0.25, 0.3) is 0 Å². The van der Waals surface area contributed by atoms with E-state index in [-0.39, 0.29) is 64.8 Å². The molecule has 0 saturated heterocycles. The molecule has 3 amide bonds. The largest absolute Gasteiger partial charge is 0.472 e. The van der Waals surface area contributed by atoms with Gasteiger partial charge in [0.2, 0.25) is 0 Å². The third-order valence-electron chi connectivity index (χ3n) is 7.42. The number of amides is 3. The molecule has 0 rings (SSSR count). The van der Waals surface area contributed by atoms with Gasteiger partial charge in [0, 0.05) is 26.2 Å². The molecule has 0 spiro atoms. The predicted molar refractivity (Wildman–Crippen MR) is 175 cm³/mol. The molecule has 0 saturated carbocycles. The summed E-state index contributed by atoms with van der Waals surface area (Å²) in [4.78, 5) is 44.0. The minimum absolute atomic E-state index is 0.0447. The second kappa shape index (κ2) is 27.2. The molecule has 3 atom stereocenters. The fourth-order valence-corrected chi connectivity index (χ4v) is 6.26. The number of aliphatic hydroxyl groups is 1. The zero-order valence-electron chi connectivity index (χ0n) is 30.0. The van der Waals surface area contributed by atoms with Crippen LogP contribution in [0.1, 0.15) is 70.6 Å². The maximum Gasteiger partial charge on any atom is 0.472 e. The number of nitriles is 1. The molecule has 0 aromatic carbocycles. The number of unbranched alkanes of at least 4 members (excludes halogenated alkanes) is 3. The van der Waals surface area contributed by atoms with Gasteiger partial charge in [-0.3, -0.25) is 28.0 Å². The van der Waals surface area contributed by atoms with Gasteiger partial charge < -0.3 is 39.7 Å². The van der Waals surface area contributed by atoms with Gasteiger partial charge >= 0.3 is 52.3 Å². The van der Waals surface area contributed by atoms with Crippen LogP contribution in [0.3, 0.4) is 0 Å². The zero-order valence-corrected chi connectivity index (χ0v) is 31.9. The molecule has 0 aliphatic heterocycles. The second-order valence-electron chi connectivity index (χ2n) is 12.1. The Morgan fingerprint density at radius 3 is 1.61 bits per heavy atom. The van der Waals surface area contributed by atoms with Crippen molar-refractivity contribution in [3.8, 4) is 6.07 Å². The molecule has 0 bridgehead atoms. The molecule has 0 radical (unpaired) electrons. The number of rotatable bonds is 31. The topological polar surface area (TPSA) is 232 Å². The first-order valence-corrected chi connectivity index (χ1v) is 19.8. The summed E-state index contributed by atoms with van der Waals surface area (Å²) in [5, 5.41) is 22.4. The number of aliphatic hydroxyl groups excluding tert-OH is 1. The van der Waals surface area contributed by atoms with Crippen LogP contribution in [0.4, 0.5) is 39.5 Å². The van der Waals surface area contributed by atoms with Gasteiger partial charge in [0.05, 0.1) is 45.5 Å². The second-order valence-corrected chi connectivity index (χ2v) is 14.5. The van der Waals surface area contributed by atoms with Crippen LogP contribution in [0.5, 0.6) is 0 Å². The summed E-state index contributed by atoms with van der Waals surface area (Å²) in [6.07, 6.45) is -16.8. The van der Waals surface area contributed by atoms with Crippen molar-refractivity contribution in [1.82, 2.24) is 16.0 Å². The summed E-state index contributed by atoms with van der Waals surface area (Å²) in [5.41, 5.74) is -1.35.